The molecule has 1 aliphatic rings. The van der Waals surface area contributed by atoms with E-state index in [2.05, 4.69) is 6.92 Å². The molecule has 0 amide bonds. The van der Waals surface area contributed by atoms with Gasteiger partial charge in [-0.15, -0.1) is 0 Å². The third-order valence-electron chi connectivity index (χ3n) is 6.53. The molecule has 0 saturated heterocycles. The first-order valence-electron chi connectivity index (χ1n) is 12.5. The number of nitrogens with zero attached hydrogens (tertiary/aromatic N) is 3. The Balaban J connectivity index is 1.67. The summed E-state index contributed by atoms with van der Waals surface area (Å²) >= 11 is 0. The summed E-state index contributed by atoms with van der Waals surface area (Å²) in [4.78, 5) is 32.9. The fraction of sp³-hybridized carbons (Fsp3) is 0.286. The van der Waals surface area contributed by atoms with Gasteiger partial charge in [0.25, 0.3) is 17.1 Å². The largest absolute Gasteiger partial charge is 0.494 e. The van der Waals surface area contributed by atoms with E-state index in [1.165, 1.54) is 49.9 Å². The maximum absolute atomic E-state index is 11.8. The summed E-state index contributed by atoms with van der Waals surface area (Å²) < 4.78 is 5.83. The quantitative estimate of drug-likeness (QED) is 0.106. The molecule has 3 aromatic carbocycles. The molecule has 0 heterocycles. The fourth-order valence-electron chi connectivity index (χ4n) is 4.64. The lowest BCUT2D eigenvalue weighted by atomic mass is 10.00. The minimum atomic E-state index is -0.688. The van der Waals surface area contributed by atoms with Gasteiger partial charge in [0.05, 0.1) is 33.0 Å². The number of hydrogen-bond acceptors (Lipinski definition) is 7. The topological polar surface area (TPSA) is 139 Å². The second kappa shape index (κ2) is 11.6. The smallest absolute Gasteiger partial charge is 0.284 e. The third-order valence-corrected chi connectivity index (χ3v) is 6.53. The molecule has 10 heteroatoms. The van der Waals surface area contributed by atoms with Gasteiger partial charge in [0.2, 0.25) is 0 Å². The number of rotatable bonds is 12. The minimum absolute atomic E-state index is 0.182. The molecule has 3 aromatic rings. The number of benzene rings is 3. The van der Waals surface area contributed by atoms with E-state index in [1.807, 2.05) is 24.3 Å². The van der Waals surface area contributed by atoms with Crippen molar-refractivity contribution in [3.8, 4) is 16.9 Å². The Kier molecular flexibility index (Phi) is 8.10. The molecule has 10 nitrogen and oxygen atoms in total. The van der Waals surface area contributed by atoms with Gasteiger partial charge in [-0.2, -0.15) is 0 Å². The van der Waals surface area contributed by atoms with Crippen LogP contribution in [-0.4, -0.2) is 21.4 Å². The lowest BCUT2D eigenvalue weighted by Crippen LogP contribution is -1.97. The second-order valence-corrected chi connectivity index (χ2v) is 9.13. The van der Waals surface area contributed by atoms with E-state index in [0.29, 0.717) is 34.6 Å². The van der Waals surface area contributed by atoms with Crippen molar-refractivity contribution in [2.24, 2.45) is 0 Å². The van der Waals surface area contributed by atoms with Crippen molar-refractivity contribution in [3.63, 3.8) is 0 Å². The first-order chi connectivity index (χ1) is 18.3. The van der Waals surface area contributed by atoms with E-state index >= 15 is 0 Å². The van der Waals surface area contributed by atoms with Crippen LogP contribution in [0.5, 0.6) is 5.75 Å². The minimum Gasteiger partial charge on any atom is -0.494 e. The predicted octanol–water partition coefficient (Wildman–Crippen LogP) is 7.72. The molecule has 0 aromatic heterocycles. The number of nitro groups is 3. The predicted molar refractivity (Wildman–Crippen MR) is 144 cm³/mol. The van der Waals surface area contributed by atoms with Crippen LogP contribution in [0.3, 0.4) is 0 Å². The van der Waals surface area contributed by atoms with Gasteiger partial charge in [0.15, 0.2) is 0 Å². The molecular weight excluding hydrogens is 490 g/mol. The third kappa shape index (κ3) is 5.69. The van der Waals surface area contributed by atoms with Crippen LogP contribution in [0.25, 0.3) is 22.8 Å². The maximum atomic E-state index is 11.8. The van der Waals surface area contributed by atoms with E-state index in [0.717, 1.165) is 18.9 Å². The summed E-state index contributed by atoms with van der Waals surface area (Å²) in [6, 6.07) is 13.5. The van der Waals surface area contributed by atoms with Gasteiger partial charge in [0.1, 0.15) is 5.75 Å². The monoisotopic (exact) mass is 517 g/mol. The van der Waals surface area contributed by atoms with E-state index in [9.17, 15) is 30.3 Å². The van der Waals surface area contributed by atoms with Crippen LogP contribution in [0.1, 0.15) is 62.1 Å². The van der Waals surface area contributed by atoms with Crippen LogP contribution in [0.15, 0.2) is 54.6 Å². The summed E-state index contributed by atoms with van der Waals surface area (Å²) in [6.45, 7) is 2.80. The number of nitro benzene ring substituents is 3. The molecule has 0 atom stereocenters. The highest BCUT2D eigenvalue weighted by molar-refractivity contribution is 6.09. The van der Waals surface area contributed by atoms with Gasteiger partial charge in [-0.05, 0) is 53.0 Å². The summed E-state index contributed by atoms with van der Waals surface area (Å²) in [7, 11) is 0. The molecule has 38 heavy (non-hydrogen) atoms. The van der Waals surface area contributed by atoms with E-state index in [-0.39, 0.29) is 16.8 Å². The van der Waals surface area contributed by atoms with Crippen molar-refractivity contribution in [1.29, 1.82) is 0 Å². The number of fused-ring (bicyclic) bond motifs is 3. The van der Waals surface area contributed by atoms with Gasteiger partial charge in [-0.1, -0.05) is 51.2 Å². The normalized spacial score (nSPS) is 12.7. The lowest BCUT2D eigenvalue weighted by Gasteiger charge is -2.07. The summed E-state index contributed by atoms with van der Waals surface area (Å²) in [5.74, 6) is 0.704. The highest BCUT2D eigenvalue weighted by atomic mass is 16.6. The van der Waals surface area contributed by atoms with Crippen molar-refractivity contribution >= 4 is 28.7 Å². The molecule has 0 unspecified atom stereocenters. The van der Waals surface area contributed by atoms with Gasteiger partial charge in [-0.3, -0.25) is 30.3 Å². The first kappa shape index (κ1) is 26.5. The standard InChI is InChI=1S/C28H27N3O7/c1-2-3-4-5-6-7-14-38-22-11-8-19(9-12-22)15-24-25-16-20(29(32)33)10-13-23(25)28-26(24)17-21(30(34)35)18-27(28)31(36)37/h8-13,15-18H,2-7,14H2,1H3. The zero-order chi connectivity index (χ0) is 27.2. The van der Waals surface area contributed by atoms with E-state index in [4.69, 9.17) is 4.74 Å². The highest BCUT2D eigenvalue weighted by Gasteiger charge is 2.34. The molecule has 0 radical (unpaired) electrons. The van der Waals surface area contributed by atoms with E-state index < -0.39 is 26.1 Å². The molecular formula is C28H27N3O7. The van der Waals surface area contributed by atoms with Gasteiger partial charge < -0.3 is 4.74 Å². The first-order valence-corrected chi connectivity index (χ1v) is 12.5. The second-order valence-electron chi connectivity index (χ2n) is 9.13. The van der Waals surface area contributed by atoms with Crippen molar-refractivity contribution in [2.45, 2.75) is 45.4 Å². The lowest BCUT2D eigenvalue weighted by molar-refractivity contribution is -0.393. The molecule has 0 N–H and O–H groups in total. The number of hydrogen-bond donors (Lipinski definition) is 0. The van der Waals surface area contributed by atoms with Crippen LogP contribution < -0.4 is 4.74 Å². The number of unbranched alkanes of at least 4 members (excludes halogenated alkanes) is 5. The van der Waals surface area contributed by atoms with Crippen molar-refractivity contribution in [3.05, 3.63) is 102 Å². The average molecular weight is 518 g/mol. The maximum Gasteiger partial charge on any atom is 0.284 e. The Hall–Kier alpha value is -4.60. The van der Waals surface area contributed by atoms with Gasteiger partial charge in [0, 0.05) is 23.8 Å². The molecule has 4 rings (SSSR count). The van der Waals surface area contributed by atoms with Crippen molar-refractivity contribution in [2.75, 3.05) is 6.61 Å². The number of ether oxygens (including phenoxy) is 1. The molecule has 196 valence electrons. The van der Waals surface area contributed by atoms with Gasteiger partial charge in [-0.25, -0.2) is 0 Å². The molecule has 0 saturated carbocycles. The SMILES string of the molecule is CCCCCCCCOc1ccc(C=C2c3cc([N+](=O)[O-])ccc3-c3c2cc([N+](=O)[O-])cc3[N+](=O)[O-])cc1. The summed E-state index contributed by atoms with van der Waals surface area (Å²) in [5.41, 5.74) is 1.42. The molecule has 0 aliphatic heterocycles. The Morgan fingerprint density at radius 3 is 2.03 bits per heavy atom. The van der Waals surface area contributed by atoms with Crippen LogP contribution in [0, 0.1) is 30.3 Å². The Bertz CT molecular complexity index is 1410. The van der Waals surface area contributed by atoms with Crippen molar-refractivity contribution < 1.29 is 19.5 Å². The number of non-ortho nitro benzene ring substituents is 2. The van der Waals surface area contributed by atoms with E-state index in [1.54, 1.807) is 6.08 Å². The summed E-state index contributed by atoms with van der Waals surface area (Å²) in [5, 5.41) is 34.8. The fourth-order valence-corrected chi connectivity index (χ4v) is 4.64. The zero-order valence-corrected chi connectivity index (χ0v) is 20.9. The van der Waals surface area contributed by atoms with Crippen LogP contribution in [0.2, 0.25) is 0 Å². The Morgan fingerprint density at radius 1 is 0.711 bits per heavy atom. The molecule has 0 spiro atoms. The van der Waals surface area contributed by atoms with Crippen LogP contribution >= 0.6 is 0 Å². The Labute approximate surface area is 219 Å². The van der Waals surface area contributed by atoms with Crippen LogP contribution in [-0.2, 0) is 0 Å². The average Bonchev–Trinajstić information content (AvgIpc) is 3.21. The summed E-state index contributed by atoms with van der Waals surface area (Å²) in [6.07, 6.45) is 8.70. The van der Waals surface area contributed by atoms with Crippen molar-refractivity contribution in [1.82, 2.24) is 0 Å². The highest BCUT2D eigenvalue weighted by Crippen LogP contribution is 2.51. The Morgan fingerprint density at radius 2 is 1.37 bits per heavy atom. The molecule has 1 aliphatic carbocycles. The zero-order valence-electron chi connectivity index (χ0n) is 20.9. The molecule has 0 bridgehead atoms. The molecule has 0 fully saturated rings. The van der Waals surface area contributed by atoms with Gasteiger partial charge >= 0.3 is 0 Å². The van der Waals surface area contributed by atoms with Crippen LogP contribution in [0.4, 0.5) is 17.1 Å².